The van der Waals surface area contributed by atoms with Crippen molar-refractivity contribution in [3.8, 4) is 0 Å². The number of hydrogen-bond acceptors (Lipinski definition) is 5. The van der Waals surface area contributed by atoms with Crippen molar-refractivity contribution >= 4 is 18.9 Å². The first-order chi connectivity index (χ1) is 6.03. The molecule has 4 atom stereocenters. The highest BCUT2D eigenvalue weighted by molar-refractivity contribution is 7.80. The minimum absolute atomic E-state index is 0.242. The van der Waals surface area contributed by atoms with Crippen LogP contribution in [0.4, 0.5) is 0 Å². The average Bonchev–Trinajstić information content (AvgIpc) is 2.47. The van der Waals surface area contributed by atoms with Gasteiger partial charge in [0.1, 0.15) is 23.7 Å². The maximum Gasteiger partial charge on any atom is 0.164 e. The smallest absolute Gasteiger partial charge is 0.164 e. The summed E-state index contributed by atoms with van der Waals surface area (Å²) >= 11 is 4.17. The van der Waals surface area contributed by atoms with Crippen molar-refractivity contribution in [2.24, 2.45) is 0 Å². The lowest BCUT2D eigenvalue weighted by Gasteiger charge is -2.20. The highest BCUT2D eigenvalue weighted by Gasteiger charge is 2.54. The van der Waals surface area contributed by atoms with E-state index in [0.29, 0.717) is 0 Å². The van der Waals surface area contributed by atoms with Crippen LogP contribution in [0.3, 0.4) is 0 Å². The molecule has 0 aromatic carbocycles. The molecule has 74 valence electrons. The average molecular weight is 204 g/mol. The highest BCUT2D eigenvalue weighted by Crippen LogP contribution is 2.38. The van der Waals surface area contributed by atoms with Crippen LogP contribution in [0.25, 0.3) is 0 Å². The summed E-state index contributed by atoms with van der Waals surface area (Å²) in [5.41, 5.74) is -0.373. The minimum atomic E-state index is -0.638. The number of aldehydes is 1. The topological polar surface area (TPSA) is 44.8 Å². The van der Waals surface area contributed by atoms with Gasteiger partial charge in [-0.1, -0.05) is 0 Å². The summed E-state index contributed by atoms with van der Waals surface area (Å²) in [7, 11) is 0. The molecule has 13 heavy (non-hydrogen) atoms. The summed E-state index contributed by atoms with van der Waals surface area (Å²) in [6, 6.07) is 0. The Morgan fingerprint density at radius 1 is 1.31 bits per heavy atom. The van der Waals surface area contributed by atoms with Crippen molar-refractivity contribution < 1.29 is 19.0 Å². The molecule has 2 fully saturated rings. The number of thiol groups is 1. The van der Waals surface area contributed by atoms with Gasteiger partial charge in [-0.05, 0) is 13.8 Å². The highest BCUT2D eigenvalue weighted by atomic mass is 32.1. The third-order valence-corrected chi connectivity index (χ3v) is 2.61. The summed E-state index contributed by atoms with van der Waals surface area (Å²) < 4.78 is 16.3. The van der Waals surface area contributed by atoms with Crippen LogP contribution in [-0.2, 0) is 19.0 Å². The zero-order valence-electron chi connectivity index (χ0n) is 7.47. The molecule has 1 unspecified atom stereocenters. The summed E-state index contributed by atoms with van der Waals surface area (Å²) in [6.07, 6.45) is -0.364. The van der Waals surface area contributed by atoms with Crippen molar-refractivity contribution in [1.82, 2.24) is 0 Å². The number of fused-ring (bicyclic) bond motifs is 1. The van der Waals surface area contributed by atoms with Gasteiger partial charge in [-0.2, -0.15) is 0 Å². The van der Waals surface area contributed by atoms with Gasteiger partial charge in [0.05, 0.1) is 0 Å². The first-order valence-electron chi connectivity index (χ1n) is 4.18. The van der Waals surface area contributed by atoms with Crippen molar-refractivity contribution in [2.45, 2.75) is 43.4 Å². The van der Waals surface area contributed by atoms with E-state index in [1.54, 1.807) is 0 Å². The third kappa shape index (κ3) is 1.50. The SMILES string of the molecule is CC1(C)OC2[C@@H](C=O)O[C@@H](S)[C@H]2O1. The lowest BCUT2D eigenvalue weighted by atomic mass is 10.2. The molecule has 2 aliphatic heterocycles. The molecule has 0 aromatic rings. The zero-order valence-corrected chi connectivity index (χ0v) is 8.36. The molecular weight excluding hydrogens is 192 g/mol. The molecular formula is C8H12O4S. The van der Waals surface area contributed by atoms with Gasteiger partial charge in [0, 0.05) is 0 Å². The van der Waals surface area contributed by atoms with E-state index in [0.717, 1.165) is 6.29 Å². The lowest BCUT2D eigenvalue weighted by Crippen LogP contribution is -2.30. The predicted octanol–water partition coefficient (Wildman–Crippen LogP) is 0.360. The van der Waals surface area contributed by atoms with Crippen LogP contribution in [-0.4, -0.2) is 35.8 Å². The fourth-order valence-corrected chi connectivity index (χ4v) is 2.09. The number of rotatable bonds is 1. The van der Waals surface area contributed by atoms with Gasteiger partial charge in [0.15, 0.2) is 12.1 Å². The summed E-state index contributed by atoms with van der Waals surface area (Å²) in [6.45, 7) is 3.63. The van der Waals surface area contributed by atoms with Crippen molar-refractivity contribution in [3.63, 3.8) is 0 Å². The van der Waals surface area contributed by atoms with E-state index in [4.69, 9.17) is 14.2 Å². The Balaban J connectivity index is 2.17. The molecule has 4 nitrogen and oxygen atoms in total. The van der Waals surface area contributed by atoms with E-state index >= 15 is 0 Å². The molecule has 0 amide bonds. The maximum absolute atomic E-state index is 10.6. The molecule has 0 saturated carbocycles. The Morgan fingerprint density at radius 3 is 2.54 bits per heavy atom. The minimum Gasteiger partial charge on any atom is -0.351 e. The van der Waals surface area contributed by atoms with Gasteiger partial charge in [0.25, 0.3) is 0 Å². The predicted molar refractivity (Wildman–Crippen MR) is 47.5 cm³/mol. The molecule has 0 N–H and O–H groups in total. The Morgan fingerprint density at radius 2 is 1.92 bits per heavy atom. The Labute approximate surface area is 81.9 Å². The van der Waals surface area contributed by atoms with Crippen LogP contribution < -0.4 is 0 Å². The van der Waals surface area contributed by atoms with E-state index in [-0.39, 0.29) is 17.6 Å². The second-order valence-electron chi connectivity index (χ2n) is 3.69. The van der Waals surface area contributed by atoms with Crippen molar-refractivity contribution in [3.05, 3.63) is 0 Å². The van der Waals surface area contributed by atoms with Crippen LogP contribution in [0.15, 0.2) is 0 Å². The Kier molecular flexibility index (Phi) is 2.14. The molecule has 0 aromatic heterocycles. The van der Waals surface area contributed by atoms with E-state index in [2.05, 4.69) is 12.6 Å². The van der Waals surface area contributed by atoms with Crippen LogP contribution in [0.1, 0.15) is 13.8 Å². The largest absolute Gasteiger partial charge is 0.351 e. The number of carbonyl (C=O) groups is 1. The molecule has 2 heterocycles. The molecule has 2 rings (SSSR count). The number of ether oxygens (including phenoxy) is 3. The molecule has 0 aliphatic carbocycles. The molecule has 0 radical (unpaired) electrons. The van der Waals surface area contributed by atoms with Gasteiger partial charge in [-0.3, -0.25) is 0 Å². The first-order valence-corrected chi connectivity index (χ1v) is 4.69. The normalized spacial score (nSPS) is 47.6. The molecule has 2 saturated heterocycles. The summed E-state index contributed by atoms with van der Waals surface area (Å²) in [5.74, 6) is -0.638. The molecule has 2 aliphatic rings. The molecule has 0 bridgehead atoms. The van der Waals surface area contributed by atoms with Crippen molar-refractivity contribution in [1.29, 1.82) is 0 Å². The summed E-state index contributed by atoms with van der Waals surface area (Å²) in [5, 5.41) is 0. The number of hydrogen-bond donors (Lipinski definition) is 1. The van der Waals surface area contributed by atoms with Crippen LogP contribution in [0.5, 0.6) is 0 Å². The first kappa shape index (κ1) is 9.45. The zero-order chi connectivity index (χ0) is 9.64. The van der Waals surface area contributed by atoms with Crippen molar-refractivity contribution in [2.75, 3.05) is 0 Å². The van der Waals surface area contributed by atoms with E-state index in [1.807, 2.05) is 13.8 Å². The molecule has 0 spiro atoms. The summed E-state index contributed by atoms with van der Waals surface area (Å²) in [4.78, 5) is 10.6. The Bertz CT molecular complexity index is 230. The van der Waals surface area contributed by atoms with Crippen LogP contribution >= 0.6 is 12.6 Å². The standard InChI is InChI=1S/C8H12O4S/c1-8(2)11-5-4(3-9)10-7(13)6(5)12-8/h3-7,13H,1-2H3/t4-,5?,6+,7+/m1/s1. The monoisotopic (exact) mass is 204 g/mol. The van der Waals surface area contributed by atoms with Gasteiger partial charge < -0.3 is 19.0 Å². The second kappa shape index (κ2) is 2.95. The Hall–Kier alpha value is -0.100. The van der Waals surface area contributed by atoms with Crippen LogP contribution in [0, 0.1) is 0 Å². The fourth-order valence-electron chi connectivity index (χ4n) is 1.72. The maximum atomic E-state index is 10.6. The fraction of sp³-hybridized carbons (Fsp3) is 0.875. The third-order valence-electron chi connectivity index (χ3n) is 2.20. The molecule has 5 heteroatoms. The number of carbonyl (C=O) groups excluding carboxylic acids is 1. The van der Waals surface area contributed by atoms with E-state index < -0.39 is 11.9 Å². The van der Waals surface area contributed by atoms with Crippen LogP contribution in [0.2, 0.25) is 0 Å². The van der Waals surface area contributed by atoms with Gasteiger partial charge in [0.2, 0.25) is 0 Å². The van der Waals surface area contributed by atoms with E-state index in [1.165, 1.54) is 0 Å². The second-order valence-corrected chi connectivity index (χ2v) is 4.20. The van der Waals surface area contributed by atoms with Gasteiger partial charge in [-0.25, -0.2) is 0 Å². The lowest BCUT2D eigenvalue weighted by molar-refractivity contribution is -0.177. The van der Waals surface area contributed by atoms with Gasteiger partial charge >= 0.3 is 0 Å². The van der Waals surface area contributed by atoms with E-state index in [9.17, 15) is 4.79 Å². The quantitative estimate of drug-likeness (QED) is 0.495. The van der Waals surface area contributed by atoms with Gasteiger partial charge in [-0.15, -0.1) is 12.6 Å².